The number of rotatable bonds is 2. The van der Waals surface area contributed by atoms with Crippen LogP contribution < -0.4 is 10.2 Å². The molecule has 0 unspecified atom stereocenters. The monoisotopic (exact) mass is 371 g/mol. The minimum absolute atomic E-state index is 0.0631. The summed E-state index contributed by atoms with van der Waals surface area (Å²) in [6, 6.07) is 5.69. The number of carboxylic acid groups (broad SMARTS) is 1. The molecule has 2 N–H and O–H groups in total. The van der Waals surface area contributed by atoms with Gasteiger partial charge in [0.1, 0.15) is 11.5 Å². The largest absolute Gasteiger partial charge is 0.490 e. The molecule has 0 radical (unpaired) electrons. The molecule has 3 heterocycles. The van der Waals surface area contributed by atoms with Crippen LogP contribution in [0.3, 0.4) is 0 Å². The molecule has 3 rings (SSSR count). The molecule has 0 bridgehead atoms. The van der Waals surface area contributed by atoms with E-state index in [2.05, 4.69) is 15.4 Å². The van der Waals surface area contributed by atoms with Crippen LogP contribution in [0.1, 0.15) is 10.5 Å². The lowest BCUT2D eigenvalue weighted by Crippen LogP contribution is -2.35. The maximum atomic E-state index is 11.7. The summed E-state index contributed by atoms with van der Waals surface area (Å²) in [5.41, 5.74) is 2.38. The fourth-order valence-electron chi connectivity index (χ4n) is 2.10. The van der Waals surface area contributed by atoms with Crippen molar-refractivity contribution in [2.24, 2.45) is 0 Å². The van der Waals surface area contributed by atoms with E-state index in [0.29, 0.717) is 18.8 Å². The maximum Gasteiger partial charge on any atom is 0.490 e. The third kappa shape index (κ3) is 4.49. The number of nitrogens with zero attached hydrogens (tertiary/aromatic N) is 4. The molecule has 26 heavy (non-hydrogen) atoms. The molecule has 140 valence electrons. The number of halogens is 3. The van der Waals surface area contributed by atoms with Crippen LogP contribution in [0.2, 0.25) is 0 Å². The highest BCUT2D eigenvalue weighted by Crippen LogP contribution is 2.22. The van der Waals surface area contributed by atoms with E-state index < -0.39 is 12.1 Å². The minimum Gasteiger partial charge on any atom is -0.475 e. The van der Waals surface area contributed by atoms with Gasteiger partial charge in [0, 0.05) is 32.4 Å². The van der Waals surface area contributed by atoms with Crippen molar-refractivity contribution in [1.29, 1.82) is 0 Å². The summed E-state index contributed by atoms with van der Waals surface area (Å²) in [5.74, 6) is -1.95. The standard InChI is InChI=1S/C13H15N5O.C2HF3O2/c1-17(2)12-7-9(3-4-14-12)10-8-11-13(19)15-5-6-18(11)16-10;3-2(4,5)1(6)7/h3-4,7-8H,5-6H2,1-2H3,(H,15,19);(H,6,7). The predicted molar refractivity (Wildman–Crippen MR) is 85.8 cm³/mol. The van der Waals surface area contributed by atoms with Crippen LogP contribution >= 0.6 is 0 Å². The van der Waals surface area contributed by atoms with E-state index in [4.69, 9.17) is 9.90 Å². The van der Waals surface area contributed by atoms with Crippen LogP contribution in [-0.2, 0) is 11.3 Å². The van der Waals surface area contributed by atoms with Gasteiger partial charge in [0.25, 0.3) is 5.91 Å². The van der Waals surface area contributed by atoms with Gasteiger partial charge in [-0.25, -0.2) is 9.78 Å². The Kier molecular flexibility index (Phi) is 5.48. The molecule has 0 atom stereocenters. The second-order valence-corrected chi connectivity index (χ2v) is 5.49. The number of carboxylic acids is 1. The molecular weight excluding hydrogens is 355 g/mol. The summed E-state index contributed by atoms with van der Waals surface area (Å²) in [7, 11) is 3.88. The van der Waals surface area contributed by atoms with Gasteiger partial charge in [-0.3, -0.25) is 9.48 Å². The van der Waals surface area contributed by atoms with E-state index in [0.717, 1.165) is 17.1 Å². The summed E-state index contributed by atoms with van der Waals surface area (Å²) in [6.45, 7) is 1.35. The van der Waals surface area contributed by atoms with Gasteiger partial charge in [-0.2, -0.15) is 18.3 Å². The van der Waals surface area contributed by atoms with Gasteiger partial charge < -0.3 is 15.3 Å². The topological polar surface area (TPSA) is 100 Å². The Morgan fingerprint density at radius 1 is 1.35 bits per heavy atom. The quantitative estimate of drug-likeness (QED) is 0.828. The van der Waals surface area contributed by atoms with Crippen LogP contribution in [0, 0.1) is 0 Å². The van der Waals surface area contributed by atoms with Crippen molar-refractivity contribution < 1.29 is 27.9 Å². The van der Waals surface area contributed by atoms with Crippen LogP contribution in [0.15, 0.2) is 24.4 Å². The van der Waals surface area contributed by atoms with E-state index in [-0.39, 0.29) is 5.91 Å². The molecule has 0 aromatic carbocycles. The molecule has 1 aliphatic rings. The molecule has 8 nitrogen and oxygen atoms in total. The number of carbonyl (C=O) groups excluding carboxylic acids is 1. The van der Waals surface area contributed by atoms with Crippen molar-refractivity contribution in [3.63, 3.8) is 0 Å². The second kappa shape index (κ2) is 7.42. The molecule has 11 heteroatoms. The maximum absolute atomic E-state index is 11.7. The summed E-state index contributed by atoms with van der Waals surface area (Å²) in [4.78, 5) is 26.8. The van der Waals surface area contributed by atoms with Crippen LogP contribution in [-0.4, -0.2) is 58.6 Å². The van der Waals surface area contributed by atoms with Crippen molar-refractivity contribution >= 4 is 17.7 Å². The lowest BCUT2D eigenvalue weighted by Gasteiger charge is -2.13. The molecule has 1 aliphatic heterocycles. The Morgan fingerprint density at radius 2 is 2.00 bits per heavy atom. The van der Waals surface area contributed by atoms with Gasteiger partial charge in [-0.15, -0.1) is 0 Å². The first-order valence-electron chi connectivity index (χ1n) is 7.39. The van der Waals surface area contributed by atoms with E-state index in [9.17, 15) is 18.0 Å². The smallest absolute Gasteiger partial charge is 0.475 e. The Morgan fingerprint density at radius 3 is 2.54 bits per heavy atom. The Bertz CT molecular complexity index is 817. The third-order valence-electron chi connectivity index (χ3n) is 3.36. The Balaban J connectivity index is 0.000000298. The number of alkyl halides is 3. The van der Waals surface area contributed by atoms with E-state index in [1.807, 2.05) is 37.2 Å². The number of carbonyl (C=O) groups is 2. The first-order chi connectivity index (χ1) is 12.1. The van der Waals surface area contributed by atoms with Crippen LogP contribution in [0.4, 0.5) is 19.0 Å². The summed E-state index contributed by atoms with van der Waals surface area (Å²) >= 11 is 0. The van der Waals surface area contributed by atoms with Crippen LogP contribution in [0.5, 0.6) is 0 Å². The van der Waals surface area contributed by atoms with Crippen molar-refractivity contribution in [2.75, 3.05) is 25.5 Å². The van der Waals surface area contributed by atoms with Crippen molar-refractivity contribution in [3.8, 4) is 11.3 Å². The van der Waals surface area contributed by atoms with Crippen molar-refractivity contribution in [1.82, 2.24) is 20.1 Å². The molecule has 0 fully saturated rings. The summed E-state index contributed by atoms with van der Waals surface area (Å²) in [6.07, 6.45) is -3.33. The normalized spacial score (nSPS) is 13.2. The minimum atomic E-state index is -5.08. The molecule has 0 aliphatic carbocycles. The van der Waals surface area contributed by atoms with Gasteiger partial charge in [-0.1, -0.05) is 0 Å². The van der Waals surface area contributed by atoms with E-state index in [1.54, 1.807) is 10.9 Å². The van der Waals surface area contributed by atoms with Gasteiger partial charge >= 0.3 is 12.1 Å². The van der Waals surface area contributed by atoms with Crippen molar-refractivity contribution in [2.45, 2.75) is 12.7 Å². The highest BCUT2D eigenvalue weighted by molar-refractivity contribution is 5.94. The van der Waals surface area contributed by atoms with E-state index in [1.165, 1.54) is 0 Å². The summed E-state index contributed by atoms with van der Waals surface area (Å²) in [5, 5.41) is 14.4. The van der Waals surface area contributed by atoms with Gasteiger partial charge in [-0.05, 0) is 18.2 Å². The first-order valence-corrected chi connectivity index (χ1v) is 7.39. The lowest BCUT2D eigenvalue weighted by molar-refractivity contribution is -0.192. The average molecular weight is 371 g/mol. The average Bonchev–Trinajstić information content (AvgIpc) is 3.00. The summed E-state index contributed by atoms with van der Waals surface area (Å²) < 4.78 is 33.5. The van der Waals surface area contributed by atoms with Crippen LogP contribution in [0.25, 0.3) is 11.3 Å². The third-order valence-corrected chi connectivity index (χ3v) is 3.36. The van der Waals surface area contributed by atoms with E-state index >= 15 is 0 Å². The lowest BCUT2D eigenvalue weighted by atomic mass is 10.2. The van der Waals surface area contributed by atoms with Crippen molar-refractivity contribution in [3.05, 3.63) is 30.1 Å². The molecule has 0 spiro atoms. The zero-order chi connectivity index (χ0) is 19.5. The second-order valence-electron chi connectivity index (χ2n) is 5.49. The highest BCUT2D eigenvalue weighted by atomic mass is 19.4. The zero-order valence-electron chi connectivity index (χ0n) is 13.9. The number of anilines is 1. The SMILES string of the molecule is CN(C)c1cc(-c2cc3n(n2)CCNC3=O)ccn1.O=C(O)C(F)(F)F. The Hall–Kier alpha value is -3.11. The number of aromatic nitrogens is 3. The number of fused-ring (bicyclic) bond motifs is 1. The number of amides is 1. The fourth-order valence-corrected chi connectivity index (χ4v) is 2.10. The molecule has 2 aromatic heterocycles. The number of hydrogen-bond donors (Lipinski definition) is 2. The highest BCUT2D eigenvalue weighted by Gasteiger charge is 2.38. The Labute approximate surface area is 146 Å². The molecule has 2 aromatic rings. The zero-order valence-corrected chi connectivity index (χ0v) is 13.9. The molecule has 0 saturated carbocycles. The number of aliphatic carboxylic acids is 1. The molecule has 0 saturated heterocycles. The predicted octanol–water partition coefficient (Wildman–Crippen LogP) is 1.39. The molecule has 1 amide bonds. The fraction of sp³-hybridized carbons (Fsp3) is 0.333. The van der Waals surface area contributed by atoms with Gasteiger partial charge in [0.15, 0.2) is 0 Å². The number of pyridine rings is 1. The van der Waals surface area contributed by atoms with Gasteiger partial charge in [0.2, 0.25) is 0 Å². The molecular formula is C15H16F3N5O3. The van der Waals surface area contributed by atoms with Gasteiger partial charge in [0.05, 0.1) is 12.2 Å². The number of hydrogen-bond acceptors (Lipinski definition) is 5. The first kappa shape index (κ1) is 19.2. The number of nitrogens with one attached hydrogen (secondary N) is 1.